The monoisotopic (exact) mass is 462 g/mol. The number of halogens is 1. The quantitative estimate of drug-likeness (QED) is 0.679. The van der Waals surface area contributed by atoms with Crippen LogP contribution in [0.4, 0.5) is 0 Å². The van der Waals surface area contributed by atoms with Gasteiger partial charge in [-0.25, -0.2) is 16.8 Å². The Morgan fingerprint density at radius 1 is 1.21 bits per heavy atom. The lowest BCUT2D eigenvalue weighted by molar-refractivity contribution is 0.282. The molecule has 1 fully saturated rings. The maximum Gasteiger partial charge on any atom is 0.193 e. The van der Waals surface area contributed by atoms with E-state index in [4.69, 9.17) is 11.6 Å². The van der Waals surface area contributed by atoms with Gasteiger partial charge in [0, 0.05) is 23.7 Å². The van der Waals surface area contributed by atoms with Crippen LogP contribution < -0.4 is 5.32 Å². The van der Waals surface area contributed by atoms with Crippen molar-refractivity contribution < 1.29 is 16.8 Å². The molecule has 2 heterocycles. The third-order valence-electron chi connectivity index (χ3n) is 4.94. The van der Waals surface area contributed by atoms with Crippen LogP contribution in [0.3, 0.4) is 0 Å². The minimum absolute atomic E-state index is 0.123. The van der Waals surface area contributed by atoms with Gasteiger partial charge in [0.25, 0.3) is 0 Å². The van der Waals surface area contributed by atoms with Crippen molar-refractivity contribution in [3.63, 3.8) is 0 Å². The molecule has 6 nitrogen and oxygen atoms in total. The molecule has 1 aromatic carbocycles. The Bertz CT molecular complexity index is 1020. The molecule has 0 radical (unpaired) electrons. The van der Waals surface area contributed by atoms with Gasteiger partial charge in [-0.1, -0.05) is 35.9 Å². The molecule has 2 aromatic rings. The lowest BCUT2D eigenvalue weighted by atomic mass is 10.1. The smallest absolute Gasteiger partial charge is 0.193 e. The first-order chi connectivity index (χ1) is 13.1. The van der Waals surface area contributed by atoms with Crippen LogP contribution in [0.15, 0.2) is 46.0 Å². The third-order valence-corrected chi connectivity index (χ3v) is 10.9. The zero-order chi connectivity index (χ0) is 20.5. The fourth-order valence-electron chi connectivity index (χ4n) is 3.47. The molecular weight excluding hydrogens is 440 g/mol. The fraction of sp³-hybridized carbons (Fsp3) is 0.444. The summed E-state index contributed by atoms with van der Waals surface area (Å²) in [5, 5.41) is 4.51. The minimum Gasteiger partial charge on any atom is -0.310 e. The standard InChI is InChI=1S/C18H23ClN2O4S3/c1-21(2)16(13-6-3-4-7-14(13)19)10-20-15-11-27(22,23)12-17(15)28(24,25)18-8-5-9-26-18/h3-9,15-17,20H,10-12H2,1-2H3/t15-,16?,17-/m0/s1. The SMILES string of the molecule is CN(C)C(CN[C@H]1CS(=O)(=O)C[C@@H]1S(=O)(=O)c1cccs1)c1ccccc1Cl. The number of sulfone groups is 2. The Balaban J connectivity index is 1.84. The largest absolute Gasteiger partial charge is 0.310 e. The molecule has 0 bridgehead atoms. The average Bonchev–Trinajstić information content (AvgIpc) is 3.24. The first kappa shape index (κ1) is 21.7. The third kappa shape index (κ3) is 4.60. The van der Waals surface area contributed by atoms with E-state index < -0.39 is 31.0 Å². The molecule has 1 saturated heterocycles. The van der Waals surface area contributed by atoms with Crippen molar-refractivity contribution in [2.75, 3.05) is 32.1 Å². The Hall–Kier alpha value is -0.970. The predicted octanol–water partition coefficient (Wildman–Crippen LogP) is 2.23. The van der Waals surface area contributed by atoms with Gasteiger partial charge in [-0.2, -0.15) is 0 Å². The van der Waals surface area contributed by atoms with E-state index in [0.717, 1.165) is 16.9 Å². The van der Waals surface area contributed by atoms with Gasteiger partial charge in [0.05, 0.1) is 16.8 Å². The van der Waals surface area contributed by atoms with E-state index in [9.17, 15) is 16.8 Å². The molecule has 0 saturated carbocycles. The summed E-state index contributed by atoms with van der Waals surface area (Å²) in [7, 11) is -3.35. The molecule has 1 aliphatic heterocycles. The Kier molecular flexibility index (Phi) is 6.53. The second-order valence-electron chi connectivity index (χ2n) is 7.11. The summed E-state index contributed by atoms with van der Waals surface area (Å²) in [5.74, 6) is -0.547. The minimum atomic E-state index is -3.72. The molecular formula is C18H23ClN2O4S3. The summed E-state index contributed by atoms with van der Waals surface area (Å²) in [6.45, 7) is 0.382. The normalized spacial score (nSPS) is 23.1. The molecule has 0 spiro atoms. The lowest BCUT2D eigenvalue weighted by Crippen LogP contribution is -2.46. The number of likely N-dealkylation sites (N-methyl/N-ethyl adjacent to an activating group) is 1. The van der Waals surface area contributed by atoms with Gasteiger partial charge in [0.2, 0.25) is 0 Å². The van der Waals surface area contributed by atoms with Gasteiger partial charge in [-0.15, -0.1) is 11.3 Å². The second kappa shape index (κ2) is 8.41. The molecule has 0 amide bonds. The van der Waals surface area contributed by atoms with Gasteiger partial charge in [0.1, 0.15) is 4.21 Å². The first-order valence-corrected chi connectivity index (χ1v) is 13.4. The second-order valence-corrected chi connectivity index (χ2v) is 13.0. The van der Waals surface area contributed by atoms with Gasteiger partial charge < -0.3 is 10.2 Å². The van der Waals surface area contributed by atoms with E-state index in [2.05, 4.69) is 5.32 Å². The molecule has 28 heavy (non-hydrogen) atoms. The van der Waals surface area contributed by atoms with Crippen LogP contribution in [0.25, 0.3) is 0 Å². The van der Waals surface area contributed by atoms with Crippen molar-refractivity contribution in [1.82, 2.24) is 10.2 Å². The fourth-order valence-corrected chi connectivity index (χ4v) is 9.67. The highest BCUT2D eigenvalue weighted by molar-refractivity contribution is 7.97. The van der Waals surface area contributed by atoms with Crippen LogP contribution in [-0.4, -0.2) is 65.2 Å². The van der Waals surface area contributed by atoms with Crippen molar-refractivity contribution in [3.05, 3.63) is 52.4 Å². The number of hydrogen-bond donors (Lipinski definition) is 1. The van der Waals surface area contributed by atoms with Crippen LogP contribution >= 0.6 is 22.9 Å². The molecule has 3 rings (SSSR count). The predicted molar refractivity (Wildman–Crippen MR) is 114 cm³/mol. The van der Waals surface area contributed by atoms with Gasteiger partial charge in [-0.3, -0.25) is 0 Å². The molecule has 154 valence electrons. The average molecular weight is 463 g/mol. The zero-order valence-electron chi connectivity index (χ0n) is 15.6. The van der Waals surface area contributed by atoms with Crippen LogP contribution in [0.2, 0.25) is 5.02 Å². The van der Waals surface area contributed by atoms with Crippen molar-refractivity contribution in [2.24, 2.45) is 0 Å². The highest BCUT2D eigenvalue weighted by atomic mass is 35.5. The number of benzene rings is 1. The summed E-state index contributed by atoms with van der Waals surface area (Å²) in [5.41, 5.74) is 0.903. The summed E-state index contributed by atoms with van der Waals surface area (Å²) in [6, 6.07) is 9.85. The number of rotatable bonds is 7. The van der Waals surface area contributed by atoms with Crippen molar-refractivity contribution in [2.45, 2.75) is 21.5 Å². The molecule has 1 aliphatic rings. The van der Waals surface area contributed by atoms with Gasteiger partial charge >= 0.3 is 0 Å². The molecule has 1 aromatic heterocycles. The number of nitrogens with zero attached hydrogens (tertiary/aromatic N) is 1. The van der Waals surface area contributed by atoms with E-state index in [-0.39, 0.29) is 21.8 Å². The van der Waals surface area contributed by atoms with E-state index in [1.807, 2.05) is 37.2 Å². The van der Waals surface area contributed by atoms with Crippen LogP contribution in [0.5, 0.6) is 0 Å². The lowest BCUT2D eigenvalue weighted by Gasteiger charge is -2.28. The topological polar surface area (TPSA) is 83.6 Å². The van der Waals surface area contributed by atoms with Gasteiger partial charge in [0.15, 0.2) is 19.7 Å². The van der Waals surface area contributed by atoms with Crippen molar-refractivity contribution in [3.8, 4) is 0 Å². The summed E-state index contributed by atoms with van der Waals surface area (Å²) in [6.07, 6.45) is 0. The highest BCUT2D eigenvalue weighted by Crippen LogP contribution is 2.30. The van der Waals surface area contributed by atoms with E-state index in [0.29, 0.717) is 11.6 Å². The van der Waals surface area contributed by atoms with E-state index in [1.54, 1.807) is 17.5 Å². The van der Waals surface area contributed by atoms with Gasteiger partial charge in [-0.05, 0) is 37.2 Å². The number of nitrogens with one attached hydrogen (secondary N) is 1. The number of hydrogen-bond acceptors (Lipinski definition) is 7. The maximum absolute atomic E-state index is 13.0. The Morgan fingerprint density at radius 2 is 1.93 bits per heavy atom. The summed E-state index contributed by atoms with van der Waals surface area (Å²) < 4.78 is 50.6. The number of thiophene rings is 1. The van der Waals surface area contributed by atoms with E-state index >= 15 is 0 Å². The Labute approximate surface area is 175 Å². The molecule has 1 unspecified atom stereocenters. The molecule has 10 heteroatoms. The Morgan fingerprint density at radius 3 is 2.54 bits per heavy atom. The van der Waals surface area contributed by atoms with E-state index in [1.165, 1.54) is 6.07 Å². The highest BCUT2D eigenvalue weighted by Gasteiger charge is 2.46. The molecule has 1 N–H and O–H groups in total. The summed E-state index contributed by atoms with van der Waals surface area (Å²) >= 11 is 7.44. The molecule has 0 aliphatic carbocycles. The van der Waals surface area contributed by atoms with Crippen LogP contribution in [0, 0.1) is 0 Å². The zero-order valence-corrected chi connectivity index (χ0v) is 18.8. The first-order valence-electron chi connectivity index (χ1n) is 8.74. The maximum atomic E-state index is 13.0. The van der Waals surface area contributed by atoms with Crippen LogP contribution in [0.1, 0.15) is 11.6 Å². The molecule has 3 atom stereocenters. The van der Waals surface area contributed by atoms with Crippen LogP contribution in [-0.2, 0) is 19.7 Å². The summed E-state index contributed by atoms with van der Waals surface area (Å²) in [4.78, 5) is 1.97. The van der Waals surface area contributed by atoms with Crippen molar-refractivity contribution in [1.29, 1.82) is 0 Å². The van der Waals surface area contributed by atoms with Crippen molar-refractivity contribution >= 4 is 42.6 Å².